The van der Waals surface area contributed by atoms with Gasteiger partial charge in [-0.25, -0.2) is 0 Å². The molecule has 3 atom stereocenters. The van der Waals surface area contributed by atoms with Crippen molar-refractivity contribution >= 4 is 11.6 Å². The summed E-state index contributed by atoms with van der Waals surface area (Å²) in [4.78, 5) is 0. The number of benzene rings is 1. The lowest BCUT2D eigenvalue weighted by Crippen LogP contribution is -2.23. The van der Waals surface area contributed by atoms with Crippen molar-refractivity contribution in [2.45, 2.75) is 44.8 Å². The number of hydrogen-bond acceptors (Lipinski definition) is 3. The quantitative estimate of drug-likeness (QED) is 0.678. The first-order valence-corrected chi connectivity index (χ1v) is 8.21. The molecule has 4 heteroatoms. The molecule has 1 aromatic rings. The van der Waals surface area contributed by atoms with E-state index in [9.17, 15) is 0 Å². The highest BCUT2D eigenvalue weighted by Crippen LogP contribution is 2.21. The smallest absolute Gasteiger partial charge is 0.173 e. The van der Waals surface area contributed by atoms with Crippen LogP contribution in [0, 0.1) is 5.92 Å². The van der Waals surface area contributed by atoms with Gasteiger partial charge in [0.15, 0.2) is 6.29 Å². The molecule has 0 spiro atoms. The highest BCUT2D eigenvalue weighted by molar-refractivity contribution is 6.21. The van der Waals surface area contributed by atoms with Crippen LogP contribution in [0.2, 0.25) is 0 Å². The summed E-state index contributed by atoms with van der Waals surface area (Å²) in [6.45, 7) is 6.36. The maximum absolute atomic E-state index is 6.10. The Balaban J connectivity index is 1.61. The minimum atomic E-state index is -0.239. The lowest BCUT2D eigenvalue weighted by Gasteiger charge is -2.18. The van der Waals surface area contributed by atoms with Crippen LogP contribution >= 0.6 is 11.6 Å². The Hall–Kier alpha value is -0.770. The summed E-state index contributed by atoms with van der Waals surface area (Å²) in [6.07, 6.45) is 2.64. The first-order valence-electron chi connectivity index (χ1n) is 7.78. The maximum Gasteiger partial charge on any atom is 0.173 e. The van der Waals surface area contributed by atoms with Crippen molar-refractivity contribution in [3.8, 4) is 5.75 Å². The predicted molar refractivity (Wildman–Crippen MR) is 85.0 cm³/mol. The molecule has 3 nitrogen and oxygen atoms in total. The van der Waals surface area contributed by atoms with Crippen molar-refractivity contribution in [3.63, 3.8) is 0 Å². The van der Waals surface area contributed by atoms with Gasteiger partial charge in [-0.05, 0) is 42.9 Å². The molecule has 0 N–H and O–H groups in total. The standard InChI is InChI=1S/C17H25ClO3/c1-3-14-4-6-15(7-5-14)19-10-8-13(2)12-21-17-16(18)9-11-20-17/h4-7,13,16-17H,3,8-12H2,1-2H3. The molecule has 0 aliphatic carbocycles. The van der Waals surface area contributed by atoms with Gasteiger partial charge < -0.3 is 14.2 Å². The molecule has 118 valence electrons. The van der Waals surface area contributed by atoms with Gasteiger partial charge in [-0.2, -0.15) is 0 Å². The number of aryl methyl sites for hydroxylation is 1. The van der Waals surface area contributed by atoms with E-state index in [2.05, 4.69) is 26.0 Å². The Bertz CT molecular complexity index is 407. The summed E-state index contributed by atoms with van der Waals surface area (Å²) in [7, 11) is 0. The zero-order valence-corrected chi connectivity index (χ0v) is 13.6. The minimum Gasteiger partial charge on any atom is -0.494 e. The molecular formula is C17H25ClO3. The first-order chi connectivity index (χ1) is 10.2. The number of rotatable bonds is 8. The van der Waals surface area contributed by atoms with Gasteiger partial charge in [-0.3, -0.25) is 0 Å². The van der Waals surface area contributed by atoms with Gasteiger partial charge >= 0.3 is 0 Å². The zero-order chi connectivity index (χ0) is 15.1. The van der Waals surface area contributed by atoms with Gasteiger partial charge in [0.2, 0.25) is 0 Å². The lowest BCUT2D eigenvalue weighted by atomic mass is 10.1. The Morgan fingerprint density at radius 2 is 2.10 bits per heavy atom. The van der Waals surface area contributed by atoms with Gasteiger partial charge in [0.05, 0.1) is 25.2 Å². The second-order valence-corrected chi connectivity index (χ2v) is 6.18. The summed E-state index contributed by atoms with van der Waals surface area (Å²) in [5.41, 5.74) is 1.33. The minimum absolute atomic E-state index is 0.00877. The van der Waals surface area contributed by atoms with Crippen LogP contribution in [-0.4, -0.2) is 31.5 Å². The third-order valence-corrected chi connectivity index (χ3v) is 4.15. The van der Waals surface area contributed by atoms with Crippen molar-refractivity contribution in [3.05, 3.63) is 29.8 Å². The summed E-state index contributed by atoms with van der Waals surface area (Å²) in [5.74, 6) is 1.35. The van der Waals surface area contributed by atoms with E-state index in [1.165, 1.54) is 5.56 Å². The molecule has 1 aliphatic heterocycles. The van der Waals surface area contributed by atoms with Crippen molar-refractivity contribution in [1.29, 1.82) is 0 Å². The summed E-state index contributed by atoms with van der Waals surface area (Å²) in [5, 5.41) is -0.00877. The molecule has 1 heterocycles. The number of alkyl halides is 1. The van der Waals surface area contributed by atoms with Crippen LogP contribution in [0.3, 0.4) is 0 Å². The zero-order valence-electron chi connectivity index (χ0n) is 12.9. The second-order valence-electron chi connectivity index (χ2n) is 5.62. The van der Waals surface area contributed by atoms with E-state index in [1.54, 1.807) is 0 Å². The van der Waals surface area contributed by atoms with Crippen LogP contribution < -0.4 is 4.74 Å². The molecule has 0 saturated carbocycles. The van der Waals surface area contributed by atoms with Gasteiger partial charge in [-0.15, -0.1) is 11.6 Å². The van der Waals surface area contributed by atoms with Crippen LogP contribution in [-0.2, 0) is 15.9 Å². The van der Waals surface area contributed by atoms with E-state index in [0.717, 1.165) is 25.0 Å². The average molecular weight is 313 g/mol. The monoisotopic (exact) mass is 312 g/mol. The molecule has 0 bridgehead atoms. The Kier molecular flexibility index (Phi) is 6.81. The summed E-state index contributed by atoms with van der Waals surface area (Å²) in [6, 6.07) is 8.29. The number of halogens is 1. The van der Waals surface area contributed by atoms with E-state index < -0.39 is 0 Å². The third kappa shape index (κ3) is 5.50. The maximum atomic E-state index is 6.10. The molecule has 21 heavy (non-hydrogen) atoms. The molecule has 2 rings (SSSR count). The summed E-state index contributed by atoms with van der Waals surface area (Å²) < 4.78 is 16.9. The van der Waals surface area contributed by atoms with Gasteiger partial charge in [-0.1, -0.05) is 26.0 Å². The van der Waals surface area contributed by atoms with E-state index in [0.29, 0.717) is 25.7 Å². The molecule has 1 aromatic carbocycles. The van der Waals surface area contributed by atoms with E-state index in [1.807, 2.05) is 12.1 Å². The fourth-order valence-electron chi connectivity index (χ4n) is 2.23. The first kappa shape index (κ1) is 16.6. The fraction of sp³-hybridized carbons (Fsp3) is 0.647. The predicted octanol–water partition coefficient (Wildman–Crippen LogP) is 4.02. The van der Waals surface area contributed by atoms with Gasteiger partial charge in [0.1, 0.15) is 5.75 Å². The van der Waals surface area contributed by atoms with E-state index in [-0.39, 0.29) is 11.7 Å². The van der Waals surface area contributed by atoms with Gasteiger partial charge in [0, 0.05) is 0 Å². The molecule has 1 saturated heterocycles. The van der Waals surface area contributed by atoms with E-state index >= 15 is 0 Å². The lowest BCUT2D eigenvalue weighted by molar-refractivity contribution is -0.118. The summed E-state index contributed by atoms with van der Waals surface area (Å²) >= 11 is 6.10. The molecule has 3 unspecified atom stereocenters. The largest absolute Gasteiger partial charge is 0.494 e. The molecular weight excluding hydrogens is 288 g/mol. The molecule has 1 aliphatic rings. The highest BCUT2D eigenvalue weighted by Gasteiger charge is 2.27. The third-order valence-electron chi connectivity index (χ3n) is 3.73. The van der Waals surface area contributed by atoms with Crippen molar-refractivity contribution in [1.82, 2.24) is 0 Å². The van der Waals surface area contributed by atoms with Crippen LogP contribution in [0.25, 0.3) is 0 Å². The topological polar surface area (TPSA) is 27.7 Å². The van der Waals surface area contributed by atoms with Crippen molar-refractivity contribution in [2.24, 2.45) is 5.92 Å². The molecule has 0 radical (unpaired) electrons. The fourth-order valence-corrected chi connectivity index (χ4v) is 2.47. The SMILES string of the molecule is CCc1ccc(OCCC(C)COC2OCCC2Cl)cc1. The Morgan fingerprint density at radius 3 is 2.71 bits per heavy atom. The van der Waals surface area contributed by atoms with Crippen LogP contribution in [0.1, 0.15) is 32.3 Å². The van der Waals surface area contributed by atoms with Crippen molar-refractivity contribution in [2.75, 3.05) is 19.8 Å². The Labute approximate surface area is 132 Å². The number of hydrogen-bond donors (Lipinski definition) is 0. The highest BCUT2D eigenvalue weighted by atomic mass is 35.5. The second kappa shape index (κ2) is 8.62. The van der Waals surface area contributed by atoms with E-state index in [4.69, 9.17) is 25.8 Å². The number of ether oxygens (including phenoxy) is 3. The molecule has 0 aromatic heterocycles. The average Bonchev–Trinajstić information content (AvgIpc) is 2.91. The normalized spacial score (nSPS) is 23.2. The van der Waals surface area contributed by atoms with Crippen LogP contribution in [0.5, 0.6) is 5.75 Å². The molecule has 0 amide bonds. The van der Waals surface area contributed by atoms with Crippen molar-refractivity contribution < 1.29 is 14.2 Å². The van der Waals surface area contributed by atoms with Crippen LogP contribution in [0.4, 0.5) is 0 Å². The Morgan fingerprint density at radius 1 is 1.33 bits per heavy atom. The van der Waals surface area contributed by atoms with Gasteiger partial charge in [0.25, 0.3) is 0 Å². The molecule has 1 fully saturated rings. The van der Waals surface area contributed by atoms with Crippen LogP contribution in [0.15, 0.2) is 24.3 Å².